The fourth-order valence-electron chi connectivity index (χ4n) is 4.37. The van der Waals surface area contributed by atoms with E-state index < -0.39 is 11.0 Å². The Bertz CT molecular complexity index is 1030. The fourth-order valence-corrected chi connectivity index (χ4v) is 6.19. The zero-order valence-corrected chi connectivity index (χ0v) is 19.8. The number of halogens is 1. The Morgan fingerprint density at radius 2 is 1.81 bits per heavy atom. The Morgan fingerprint density at radius 1 is 1.09 bits per heavy atom. The van der Waals surface area contributed by atoms with Gasteiger partial charge in [-0.05, 0) is 31.0 Å². The number of benzene rings is 1. The van der Waals surface area contributed by atoms with Crippen molar-refractivity contribution in [1.29, 1.82) is 0 Å². The molecule has 3 aliphatic rings. The molecule has 0 bridgehead atoms. The zero-order chi connectivity index (χ0) is 22.2. The molecule has 0 N–H and O–H groups in total. The van der Waals surface area contributed by atoms with Crippen molar-refractivity contribution in [3.63, 3.8) is 0 Å². The number of hydrogen-bond acceptors (Lipinski definition) is 6. The average molecular weight is 478 g/mol. The van der Waals surface area contributed by atoms with Crippen LogP contribution in [0.2, 0.25) is 0 Å². The molecular formula is C22H28FN5O2S2. The predicted octanol–water partition coefficient (Wildman–Crippen LogP) is 2.36. The summed E-state index contributed by atoms with van der Waals surface area (Å²) in [5.74, 6) is -0.415. The first-order valence-electron chi connectivity index (χ1n) is 11.1. The lowest BCUT2D eigenvalue weighted by Gasteiger charge is -2.38. The Morgan fingerprint density at radius 3 is 2.47 bits per heavy atom. The van der Waals surface area contributed by atoms with Gasteiger partial charge < -0.3 is 9.80 Å². The molecule has 0 spiro atoms. The Kier molecular flexibility index (Phi) is 6.37. The summed E-state index contributed by atoms with van der Waals surface area (Å²) in [6.45, 7) is 5.60. The van der Waals surface area contributed by atoms with Gasteiger partial charge in [-0.3, -0.25) is 9.78 Å². The van der Waals surface area contributed by atoms with Gasteiger partial charge in [0.1, 0.15) is 5.82 Å². The van der Waals surface area contributed by atoms with E-state index in [0.717, 1.165) is 37.1 Å². The summed E-state index contributed by atoms with van der Waals surface area (Å²) in [5.41, 5.74) is 2.01. The monoisotopic (exact) mass is 477 g/mol. The number of carbonyl (C=O) groups excluding carboxylic acids is 1. The van der Waals surface area contributed by atoms with Crippen LogP contribution >= 0.6 is 11.9 Å². The summed E-state index contributed by atoms with van der Waals surface area (Å²) in [5, 5.41) is 1.46. The van der Waals surface area contributed by atoms with Crippen molar-refractivity contribution in [2.45, 2.75) is 18.1 Å². The van der Waals surface area contributed by atoms with Crippen molar-refractivity contribution in [3.8, 4) is 0 Å². The molecule has 2 aliphatic heterocycles. The summed E-state index contributed by atoms with van der Waals surface area (Å²) >= 11 is 1.96. The third kappa shape index (κ3) is 4.64. The van der Waals surface area contributed by atoms with E-state index >= 15 is 0 Å². The molecule has 7 nitrogen and oxygen atoms in total. The number of hydrogen-bond donors (Lipinski definition) is 0. The minimum absolute atomic E-state index is 0.0880. The maximum Gasteiger partial charge on any atom is 0.257 e. The molecule has 10 heteroatoms. The summed E-state index contributed by atoms with van der Waals surface area (Å²) in [6.07, 6.45) is 5.92. The highest BCUT2D eigenvalue weighted by Crippen LogP contribution is 2.38. The number of aromatic nitrogens is 1. The molecule has 1 saturated carbocycles. The molecule has 172 valence electrons. The first kappa shape index (κ1) is 22.1. The van der Waals surface area contributed by atoms with E-state index in [0.29, 0.717) is 42.6 Å². The number of rotatable bonds is 5. The minimum Gasteiger partial charge on any atom is -0.368 e. The Labute approximate surface area is 194 Å². The van der Waals surface area contributed by atoms with Crippen LogP contribution in [-0.4, -0.2) is 92.5 Å². The van der Waals surface area contributed by atoms with Gasteiger partial charge in [-0.1, -0.05) is 11.9 Å². The van der Waals surface area contributed by atoms with Gasteiger partial charge in [0.15, 0.2) is 0 Å². The van der Waals surface area contributed by atoms with Crippen molar-refractivity contribution in [1.82, 2.24) is 18.5 Å². The smallest absolute Gasteiger partial charge is 0.257 e. The van der Waals surface area contributed by atoms with Crippen LogP contribution < -0.4 is 4.90 Å². The van der Waals surface area contributed by atoms with Crippen LogP contribution in [0, 0.1) is 5.82 Å². The van der Waals surface area contributed by atoms with Crippen LogP contribution in [0.15, 0.2) is 24.4 Å². The van der Waals surface area contributed by atoms with Gasteiger partial charge >= 0.3 is 0 Å². The minimum atomic E-state index is -1.03. The van der Waals surface area contributed by atoms with Gasteiger partial charge in [0.25, 0.3) is 5.91 Å². The molecule has 2 saturated heterocycles. The number of piperazine rings is 2. The molecule has 1 atom stereocenters. The predicted molar refractivity (Wildman–Crippen MR) is 128 cm³/mol. The van der Waals surface area contributed by atoms with Crippen molar-refractivity contribution >= 4 is 45.4 Å². The quantitative estimate of drug-likeness (QED) is 0.617. The topological polar surface area (TPSA) is 60.0 Å². The molecule has 1 unspecified atom stereocenters. The molecule has 1 aromatic heterocycles. The molecule has 3 fully saturated rings. The second-order valence-electron chi connectivity index (χ2n) is 8.55. The van der Waals surface area contributed by atoms with Gasteiger partial charge in [-0.25, -0.2) is 17.2 Å². The molecule has 5 rings (SSSR count). The van der Waals surface area contributed by atoms with Crippen LogP contribution in [0.4, 0.5) is 10.1 Å². The van der Waals surface area contributed by atoms with Gasteiger partial charge in [0.05, 0.1) is 27.8 Å². The van der Waals surface area contributed by atoms with Crippen LogP contribution in [0.1, 0.15) is 23.2 Å². The maximum atomic E-state index is 14.2. The van der Waals surface area contributed by atoms with Crippen LogP contribution in [-0.2, 0) is 11.0 Å². The summed E-state index contributed by atoms with van der Waals surface area (Å²) in [7, 11) is -1.03. The Hall–Kier alpha value is -1.75. The molecule has 0 radical (unpaired) electrons. The van der Waals surface area contributed by atoms with Crippen molar-refractivity contribution in [3.05, 3.63) is 35.8 Å². The van der Waals surface area contributed by atoms with E-state index in [2.05, 4.69) is 14.2 Å². The summed E-state index contributed by atoms with van der Waals surface area (Å²) in [4.78, 5) is 22.0. The largest absolute Gasteiger partial charge is 0.368 e. The summed E-state index contributed by atoms with van der Waals surface area (Å²) in [6, 6.07) is 4.59. The lowest BCUT2D eigenvalue weighted by atomic mass is 10.1. The van der Waals surface area contributed by atoms with Gasteiger partial charge in [-0.2, -0.15) is 0 Å². The highest BCUT2D eigenvalue weighted by atomic mass is 32.2. The van der Waals surface area contributed by atoms with E-state index in [-0.39, 0.29) is 11.7 Å². The molecule has 2 aromatic rings. The molecule has 1 aliphatic carbocycles. The van der Waals surface area contributed by atoms with Crippen LogP contribution in [0.3, 0.4) is 0 Å². The Balaban J connectivity index is 1.43. The number of anilines is 1. The average Bonchev–Trinajstić information content (AvgIpc) is 3.62. The highest BCUT2D eigenvalue weighted by molar-refractivity contribution is 7.97. The molecule has 3 heterocycles. The first-order chi connectivity index (χ1) is 15.5. The zero-order valence-electron chi connectivity index (χ0n) is 18.2. The highest BCUT2D eigenvalue weighted by Gasteiger charge is 2.31. The van der Waals surface area contributed by atoms with Gasteiger partial charge in [0.2, 0.25) is 0 Å². The van der Waals surface area contributed by atoms with Crippen molar-refractivity contribution in [2.24, 2.45) is 0 Å². The molecule has 1 aromatic carbocycles. The lowest BCUT2D eigenvalue weighted by Crippen LogP contribution is -2.49. The normalized spacial score (nSPS) is 21.8. The lowest BCUT2D eigenvalue weighted by molar-refractivity contribution is 0.0701. The van der Waals surface area contributed by atoms with Gasteiger partial charge in [0, 0.05) is 75.4 Å². The second kappa shape index (κ2) is 9.24. The fraction of sp³-hybridized carbons (Fsp3) is 0.545. The summed E-state index contributed by atoms with van der Waals surface area (Å²) < 4.78 is 30.3. The van der Waals surface area contributed by atoms with E-state index in [1.807, 2.05) is 16.3 Å². The van der Waals surface area contributed by atoms with E-state index in [1.54, 1.807) is 23.4 Å². The number of amides is 1. The van der Waals surface area contributed by atoms with Crippen molar-refractivity contribution in [2.75, 3.05) is 63.5 Å². The third-order valence-electron chi connectivity index (χ3n) is 6.30. The molecule has 32 heavy (non-hydrogen) atoms. The first-order valence-corrected chi connectivity index (χ1v) is 13.5. The van der Waals surface area contributed by atoms with Crippen LogP contribution in [0.5, 0.6) is 0 Å². The number of nitrogens with zero attached hydrogens (tertiary/aromatic N) is 5. The number of pyridine rings is 1. The SMILES string of the molecule is CS(=O)N1CCN(C(=O)c2cnc3ccc(F)cc3c2N2CCN(SC3CC3)CC2)CC1. The van der Waals surface area contributed by atoms with E-state index in [9.17, 15) is 13.4 Å². The second-order valence-corrected chi connectivity index (χ2v) is 11.3. The van der Waals surface area contributed by atoms with Crippen molar-refractivity contribution < 1.29 is 13.4 Å². The van der Waals surface area contributed by atoms with E-state index in [1.165, 1.54) is 25.0 Å². The van der Waals surface area contributed by atoms with E-state index in [4.69, 9.17) is 0 Å². The number of fused-ring (bicyclic) bond motifs is 1. The molecular weight excluding hydrogens is 449 g/mol. The van der Waals surface area contributed by atoms with Gasteiger partial charge in [-0.15, -0.1) is 0 Å². The van der Waals surface area contributed by atoms with Crippen LogP contribution in [0.25, 0.3) is 10.9 Å². The number of carbonyl (C=O) groups is 1. The third-order valence-corrected chi connectivity index (χ3v) is 8.82. The standard InChI is InChI=1S/C22H28FN5O2S2/c1-32(30)28-12-8-26(9-13-28)22(29)19-15-24-20-5-2-16(23)14-18(20)21(19)25-6-10-27(11-7-25)31-17-3-4-17/h2,5,14-15,17H,3-4,6-13H2,1H3. The maximum absolute atomic E-state index is 14.2. The molecule has 1 amide bonds.